The van der Waals surface area contributed by atoms with E-state index in [2.05, 4.69) is 62.9 Å². The zero-order valence-electron chi connectivity index (χ0n) is 14.3. The summed E-state index contributed by atoms with van der Waals surface area (Å²) in [6, 6.07) is 8.11. The number of rotatable bonds is 6. The second-order valence-electron chi connectivity index (χ2n) is 6.29. The highest BCUT2D eigenvalue weighted by Crippen LogP contribution is 2.28. The van der Waals surface area contributed by atoms with Crippen molar-refractivity contribution in [2.24, 2.45) is 4.99 Å². The van der Waals surface area contributed by atoms with Crippen LogP contribution in [0.15, 0.2) is 41.2 Å². The molecular weight excluding hydrogens is 388 g/mol. The third kappa shape index (κ3) is 3.72. The molecule has 4 nitrogen and oxygen atoms in total. The second kappa shape index (κ2) is 7.79. The Bertz CT molecular complexity index is 628. The molecule has 0 aromatic heterocycles. The minimum absolute atomic E-state index is 0.258. The summed E-state index contributed by atoms with van der Waals surface area (Å²) in [4.78, 5) is 12.0. The van der Waals surface area contributed by atoms with Gasteiger partial charge in [0.25, 0.3) is 0 Å². The first-order valence-corrected chi connectivity index (χ1v) is 9.94. The minimum Gasteiger partial charge on any atom is -0.354 e. The lowest BCUT2D eigenvalue weighted by atomic mass is 10.2. The lowest BCUT2D eigenvalue weighted by Crippen LogP contribution is -2.45. The van der Waals surface area contributed by atoms with Gasteiger partial charge in [-0.05, 0) is 30.5 Å². The van der Waals surface area contributed by atoms with Crippen molar-refractivity contribution in [3.8, 4) is 0 Å². The van der Waals surface area contributed by atoms with Crippen LogP contribution in [-0.4, -0.2) is 52.3 Å². The number of amidine groups is 1. The largest absolute Gasteiger partial charge is 0.354 e. The molecule has 1 atom stereocenters. The van der Waals surface area contributed by atoms with E-state index >= 15 is 0 Å². The Balaban J connectivity index is 1.81. The molecule has 1 aromatic rings. The summed E-state index contributed by atoms with van der Waals surface area (Å²) in [6.07, 6.45) is 4.66. The first-order chi connectivity index (χ1) is 11.6. The lowest BCUT2D eigenvalue weighted by molar-refractivity contribution is 0.221. The fourth-order valence-corrected chi connectivity index (χ4v) is 3.59. The molecule has 2 aliphatic rings. The van der Waals surface area contributed by atoms with Crippen molar-refractivity contribution in [1.29, 1.82) is 0 Å². The molecule has 6 heteroatoms. The average molecular weight is 412 g/mol. The van der Waals surface area contributed by atoms with Crippen LogP contribution < -0.4 is 0 Å². The predicted octanol–water partition coefficient (Wildman–Crippen LogP) is 4.12. The molecule has 130 valence electrons. The summed E-state index contributed by atoms with van der Waals surface area (Å²) in [6.45, 7) is 4.96. The van der Waals surface area contributed by atoms with Gasteiger partial charge >= 0.3 is 0 Å². The Morgan fingerprint density at radius 2 is 2.04 bits per heavy atom. The van der Waals surface area contributed by atoms with E-state index < -0.39 is 0 Å². The molecule has 0 bridgehead atoms. The molecule has 0 N–H and O–H groups in total. The zero-order valence-corrected chi connectivity index (χ0v) is 16.6. The molecule has 3 rings (SSSR count). The van der Waals surface area contributed by atoms with Gasteiger partial charge in [-0.3, -0.25) is 0 Å². The Morgan fingerprint density at radius 3 is 2.71 bits per heavy atom. The molecule has 1 unspecified atom stereocenters. The normalized spacial score (nSPS) is 20.2. The SMILES string of the molecule is CCC1N=C2C(=CN(Cc3ccc(Cl)cc3)CN2CCCBr)N1C. The summed E-state index contributed by atoms with van der Waals surface area (Å²) >= 11 is 9.54. The van der Waals surface area contributed by atoms with E-state index in [1.807, 2.05) is 12.1 Å². The summed E-state index contributed by atoms with van der Waals surface area (Å²) in [5.74, 6) is 1.15. The van der Waals surface area contributed by atoms with Crippen LogP contribution in [-0.2, 0) is 6.54 Å². The first-order valence-electron chi connectivity index (χ1n) is 8.44. The first kappa shape index (κ1) is 17.6. The van der Waals surface area contributed by atoms with Crippen LogP contribution in [0.4, 0.5) is 0 Å². The quantitative estimate of drug-likeness (QED) is 0.657. The number of hydrogen-bond acceptors (Lipinski definition) is 4. The van der Waals surface area contributed by atoms with Gasteiger partial charge in [0.15, 0.2) is 5.84 Å². The highest BCUT2D eigenvalue weighted by molar-refractivity contribution is 9.09. The van der Waals surface area contributed by atoms with Crippen molar-refractivity contribution >= 4 is 33.4 Å². The van der Waals surface area contributed by atoms with E-state index in [1.165, 1.54) is 11.3 Å². The molecule has 24 heavy (non-hydrogen) atoms. The molecule has 0 aliphatic carbocycles. The molecule has 2 heterocycles. The highest BCUT2D eigenvalue weighted by Gasteiger charge is 2.34. The molecule has 1 aromatic carbocycles. The van der Waals surface area contributed by atoms with Gasteiger partial charge in [0.05, 0.1) is 12.4 Å². The summed E-state index contributed by atoms with van der Waals surface area (Å²) in [5, 5.41) is 1.80. The number of benzene rings is 1. The number of fused-ring (bicyclic) bond motifs is 1. The summed E-state index contributed by atoms with van der Waals surface area (Å²) in [5.41, 5.74) is 2.50. The van der Waals surface area contributed by atoms with Gasteiger partial charge in [0.2, 0.25) is 0 Å². The minimum atomic E-state index is 0.258. The van der Waals surface area contributed by atoms with E-state index in [1.54, 1.807) is 0 Å². The van der Waals surface area contributed by atoms with Crippen molar-refractivity contribution in [3.05, 3.63) is 46.7 Å². The van der Waals surface area contributed by atoms with Crippen LogP contribution in [0, 0.1) is 0 Å². The number of alkyl halides is 1. The number of hydrogen-bond donors (Lipinski definition) is 0. The molecule has 0 amide bonds. The van der Waals surface area contributed by atoms with Gasteiger partial charge in [0, 0.05) is 36.7 Å². The van der Waals surface area contributed by atoms with Gasteiger partial charge in [-0.1, -0.05) is 46.6 Å². The van der Waals surface area contributed by atoms with Crippen molar-refractivity contribution in [3.63, 3.8) is 0 Å². The molecule has 0 fully saturated rings. The maximum Gasteiger partial charge on any atom is 0.152 e. The third-order valence-electron chi connectivity index (χ3n) is 4.51. The van der Waals surface area contributed by atoms with E-state index in [0.717, 1.165) is 48.8 Å². The standard InChI is InChI=1S/C18H24BrClN4/c1-3-17-21-18-16(22(17)2)12-23(13-24(18)10-4-9-19)11-14-5-7-15(20)8-6-14/h5-8,12,17H,3-4,9-11,13H2,1-2H3. The van der Waals surface area contributed by atoms with Crippen LogP contribution in [0.25, 0.3) is 0 Å². The van der Waals surface area contributed by atoms with Crippen LogP contribution >= 0.6 is 27.5 Å². The average Bonchev–Trinajstić information content (AvgIpc) is 2.91. The number of halogens is 2. The Kier molecular flexibility index (Phi) is 5.72. The lowest BCUT2D eigenvalue weighted by Gasteiger charge is -2.37. The molecular formula is C18H24BrClN4. The van der Waals surface area contributed by atoms with E-state index in [-0.39, 0.29) is 6.17 Å². The predicted molar refractivity (Wildman–Crippen MR) is 104 cm³/mol. The van der Waals surface area contributed by atoms with Crippen LogP contribution in [0.3, 0.4) is 0 Å². The summed E-state index contributed by atoms with van der Waals surface area (Å²) < 4.78 is 0. The Hall–Kier alpha value is -1.20. The van der Waals surface area contributed by atoms with Gasteiger partial charge in [-0.2, -0.15) is 0 Å². The second-order valence-corrected chi connectivity index (χ2v) is 7.52. The van der Waals surface area contributed by atoms with Crippen molar-refractivity contribution in [1.82, 2.24) is 14.7 Å². The molecule has 2 aliphatic heterocycles. The fourth-order valence-electron chi connectivity index (χ4n) is 3.22. The summed E-state index contributed by atoms with van der Waals surface area (Å²) in [7, 11) is 2.14. The number of aliphatic imine (C=N–C) groups is 1. The van der Waals surface area contributed by atoms with Gasteiger partial charge < -0.3 is 14.7 Å². The third-order valence-corrected chi connectivity index (χ3v) is 5.32. The van der Waals surface area contributed by atoms with Crippen molar-refractivity contribution in [2.45, 2.75) is 32.5 Å². The Labute approximate surface area is 157 Å². The number of nitrogens with zero attached hydrogens (tertiary/aromatic N) is 4. The molecule has 0 saturated carbocycles. The smallest absolute Gasteiger partial charge is 0.152 e. The highest BCUT2D eigenvalue weighted by atomic mass is 79.9. The van der Waals surface area contributed by atoms with Crippen molar-refractivity contribution in [2.75, 3.05) is 25.6 Å². The molecule has 0 saturated heterocycles. The van der Waals surface area contributed by atoms with Crippen LogP contribution in [0.5, 0.6) is 0 Å². The van der Waals surface area contributed by atoms with Gasteiger partial charge in [-0.15, -0.1) is 0 Å². The molecule has 0 spiro atoms. The van der Waals surface area contributed by atoms with Crippen LogP contribution in [0.2, 0.25) is 5.02 Å². The Morgan fingerprint density at radius 1 is 1.29 bits per heavy atom. The number of likely N-dealkylation sites (N-methyl/N-ethyl adjacent to an activating group) is 1. The maximum atomic E-state index is 6.00. The van der Waals surface area contributed by atoms with Gasteiger partial charge in [-0.25, -0.2) is 4.99 Å². The van der Waals surface area contributed by atoms with Crippen LogP contribution in [0.1, 0.15) is 25.3 Å². The van der Waals surface area contributed by atoms with E-state index in [0.29, 0.717) is 0 Å². The zero-order chi connectivity index (χ0) is 17.1. The van der Waals surface area contributed by atoms with E-state index in [9.17, 15) is 0 Å². The van der Waals surface area contributed by atoms with Gasteiger partial charge in [0.1, 0.15) is 6.17 Å². The fraction of sp³-hybridized carbons (Fsp3) is 0.500. The maximum absolute atomic E-state index is 6.00. The van der Waals surface area contributed by atoms with E-state index in [4.69, 9.17) is 16.6 Å². The monoisotopic (exact) mass is 410 g/mol. The van der Waals surface area contributed by atoms with Crippen molar-refractivity contribution < 1.29 is 0 Å². The topological polar surface area (TPSA) is 22.1 Å². The molecule has 0 radical (unpaired) electrons.